The van der Waals surface area contributed by atoms with Gasteiger partial charge in [-0.2, -0.15) is 0 Å². The molecule has 0 spiro atoms. The standard InChI is InChI=1S/C18H31N3O3/c1-3-4-5-6-7-8-13-24-14-9-12-19-18(23)20-16-10-11-17(22)21(2)15-16/h10-11,15H,3-9,12-14H2,1-2H3,(H2,19,20,23). The predicted octanol–water partition coefficient (Wildman–Crippen LogP) is 3.27. The van der Waals surface area contributed by atoms with Gasteiger partial charge in [0.15, 0.2) is 0 Å². The number of ether oxygens (including phenoxy) is 1. The number of rotatable bonds is 12. The summed E-state index contributed by atoms with van der Waals surface area (Å²) in [5.74, 6) is 0. The first-order valence-corrected chi connectivity index (χ1v) is 8.92. The number of hydrogen-bond donors (Lipinski definition) is 2. The highest BCUT2D eigenvalue weighted by molar-refractivity contribution is 5.88. The van der Waals surface area contributed by atoms with E-state index in [1.165, 1.54) is 42.7 Å². The zero-order valence-corrected chi connectivity index (χ0v) is 15.0. The molecule has 0 aliphatic heterocycles. The lowest BCUT2D eigenvalue weighted by atomic mass is 10.1. The average Bonchev–Trinajstić information content (AvgIpc) is 2.56. The first-order valence-electron chi connectivity index (χ1n) is 8.92. The predicted molar refractivity (Wildman–Crippen MR) is 97.5 cm³/mol. The van der Waals surface area contributed by atoms with Crippen LogP contribution in [0.5, 0.6) is 0 Å². The Morgan fingerprint density at radius 1 is 1.08 bits per heavy atom. The van der Waals surface area contributed by atoms with Crippen LogP contribution in [0.3, 0.4) is 0 Å². The van der Waals surface area contributed by atoms with Gasteiger partial charge >= 0.3 is 6.03 Å². The third kappa shape index (κ3) is 9.35. The molecule has 2 N–H and O–H groups in total. The van der Waals surface area contributed by atoms with Crippen LogP contribution >= 0.6 is 0 Å². The molecule has 6 nitrogen and oxygen atoms in total. The van der Waals surface area contributed by atoms with Gasteiger partial charge < -0.3 is 19.9 Å². The number of amides is 2. The van der Waals surface area contributed by atoms with Crippen molar-refractivity contribution in [2.75, 3.05) is 25.1 Å². The Morgan fingerprint density at radius 3 is 2.54 bits per heavy atom. The maximum atomic E-state index is 11.7. The number of pyridine rings is 1. The number of carbonyl (C=O) groups excluding carboxylic acids is 1. The van der Waals surface area contributed by atoms with Gasteiger partial charge in [0.25, 0.3) is 0 Å². The molecule has 0 aliphatic rings. The quantitative estimate of drug-likeness (QED) is 0.575. The van der Waals surface area contributed by atoms with Crippen LogP contribution in [0.25, 0.3) is 0 Å². The zero-order valence-electron chi connectivity index (χ0n) is 15.0. The highest BCUT2D eigenvalue weighted by Gasteiger charge is 2.02. The summed E-state index contributed by atoms with van der Waals surface area (Å²) in [5.41, 5.74) is 0.484. The van der Waals surface area contributed by atoms with Gasteiger partial charge in [-0.05, 0) is 18.9 Å². The summed E-state index contributed by atoms with van der Waals surface area (Å²) < 4.78 is 6.98. The average molecular weight is 337 g/mol. The fourth-order valence-corrected chi connectivity index (χ4v) is 2.31. The van der Waals surface area contributed by atoms with Crippen LogP contribution in [-0.2, 0) is 11.8 Å². The van der Waals surface area contributed by atoms with Crippen LogP contribution in [0.4, 0.5) is 10.5 Å². The van der Waals surface area contributed by atoms with E-state index in [2.05, 4.69) is 17.6 Å². The van der Waals surface area contributed by atoms with Crippen molar-refractivity contribution in [3.63, 3.8) is 0 Å². The SMILES string of the molecule is CCCCCCCCOCCCNC(=O)Nc1ccc(=O)n(C)c1. The minimum absolute atomic E-state index is 0.108. The number of anilines is 1. The third-order valence-corrected chi connectivity index (χ3v) is 3.74. The molecule has 0 unspecified atom stereocenters. The van der Waals surface area contributed by atoms with Gasteiger partial charge in [-0.1, -0.05) is 39.0 Å². The summed E-state index contributed by atoms with van der Waals surface area (Å²) >= 11 is 0. The Bertz CT molecular complexity index is 528. The Morgan fingerprint density at radius 2 is 1.79 bits per heavy atom. The molecule has 6 heteroatoms. The smallest absolute Gasteiger partial charge is 0.319 e. The Labute approximate surface area is 144 Å². The van der Waals surface area contributed by atoms with E-state index >= 15 is 0 Å². The van der Waals surface area contributed by atoms with Gasteiger partial charge in [-0.15, -0.1) is 0 Å². The first kappa shape index (κ1) is 20.2. The number of aromatic nitrogens is 1. The van der Waals surface area contributed by atoms with Gasteiger partial charge in [0.05, 0.1) is 5.69 Å². The van der Waals surface area contributed by atoms with Crippen molar-refractivity contribution in [2.45, 2.75) is 51.9 Å². The second-order valence-electron chi connectivity index (χ2n) is 5.98. The molecular formula is C18H31N3O3. The lowest BCUT2D eigenvalue weighted by Crippen LogP contribution is -2.30. The maximum absolute atomic E-state index is 11.7. The molecule has 1 heterocycles. The maximum Gasteiger partial charge on any atom is 0.319 e. The molecule has 0 aliphatic carbocycles. The molecule has 0 fully saturated rings. The molecule has 1 aromatic rings. The van der Waals surface area contributed by atoms with Gasteiger partial charge in [-0.3, -0.25) is 4.79 Å². The van der Waals surface area contributed by atoms with Gasteiger partial charge in [-0.25, -0.2) is 4.79 Å². The van der Waals surface area contributed by atoms with E-state index in [4.69, 9.17) is 4.74 Å². The van der Waals surface area contributed by atoms with Crippen molar-refractivity contribution < 1.29 is 9.53 Å². The molecule has 1 rings (SSSR count). The van der Waals surface area contributed by atoms with Crippen LogP contribution in [0.1, 0.15) is 51.9 Å². The lowest BCUT2D eigenvalue weighted by Gasteiger charge is -2.09. The number of nitrogens with one attached hydrogen (secondary N) is 2. The molecule has 24 heavy (non-hydrogen) atoms. The van der Waals surface area contributed by atoms with Gasteiger partial charge in [0, 0.05) is 39.1 Å². The van der Waals surface area contributed by atoms with Crippen LogP contribution < -0.4 is 16.2 Å². The van der Waals surface area contributed by atoms with E-state index in [0.29, 0.717) is 18.8 Å². The molecule has 1 aromatic heterocycles. The molecule has 0 radical (unpaired) electrons. The van der Waals surface area contributed by atoms with E-state index in [9.17, 15) is 9.59 Å². The van der Waals surface area contributed by atoms with E-state index in [0.717, 1.165) is 19.4 Å². The van der Waals surface area contributed by atoms with Crippen molar-refractivity contribution in [3.8, 4) is 0 Å². The zero-order chi connectivity index (χ0) is 17.6. The van der Waals surface area contributed by atoms with Crippen LogP contribution in [-0.4, -0.2) is 30.4 Å². The number of nitrogens with zero attached hydrogens (tertiary/aromatic N) is 1. The lowest BCUT2D eigenvalue weighted by molar-refractivity contribution is 0.128. The summed E-state index contributed by atoms with van der Waals surface area (Å²) in [4.78, 5) is 23.0. The van der Waals surface area contributed by atoms with Crippen molar-refractivity contribution in [3.05, 3.63) is 28.7 Å². The van der Waals surface area contributed by atoms with E-state index in [1.807, 2.05) is 0 Å². The van der Waals surface area contributed by atoms with Crippen molar-refractivity contribution in [1.82, 2.24) is 9.88 Å². The Kier molecular flexibility index (Phi) is 10.6. The Hall–Kier alpha value is -1.82. The van der Waals surface area contributed by atoms with Crippen molar-refractivity contribution in [1.29, 1.82) is 0 Å². The summed E-state index contributed by atoms with van der Waals surface area (Å²) in [7, 11) is 1.65. The summed E-state index contributed by atoms with van der Waals surface area (Å²) in [6.07, 6.45) is 9.95. The van der Waals surface area contributed by atoms with Gasteiger partial charge in [0.1, 0.15) is 0 Å². The number of carbonyl (C=O) groups is 1. The molecule has 2 amide bonds. The number of hydrogen-bond acceptors (Lipinski definition) is 3. The number of unbranched alkanes of at least 4 members (excludes halogenated alkanes) is 5. The minimum Gasteiger partial charge on any atom is -0.381 e. The van der Waals surface area contributed by atoms with E-state index < -0.39 is 0 Å². The highest BCUT2D eigenvalue weighted by atomic mass is 16.5. The van der Waals surface area contributed by atoms with Crippen molar-refractivity contribution >= 4 is 11.7 Å². The van der Waals surface area contributed by atoms with Crippen LogP contribution in [0, 0.1) is 0 Å². The third-order valence-electron chi connectivity index (χ3n) is 3.74. The molecule has 136 valence electrons. The van der Waals surface area contributed by atoms with Crippen molar-refractivity contribution in [2.24, 2.45) is 7.05 Å². The summed E-state index contributed by atoms with van der Waals surface area (Å²) in [5, 5.41) is 5.47. The van der Waals surface area contributed by atoms with Crippen LogP contribution in [0.15, 0.2) is 23.1 Å². The van der Waals surface area contributed by atoms with Gasteiger partial charge in [0.2, 0.25) is 5.56 Å². The van der Waals surface area contributed by atoms with E-state index in [-0.39, 0.29) is 11.6 Å². The second kappa shape index (κ2) is 12.6. The minimum atomic E-state index is -0.274. The fourth-order valence-electron chi connectivity index (χ4n) is 2.31. The normalized spacial score (nSPS) is 10.6. The summed E-state index contributed by atoms with van der Waals surface area (Å²) in [6.45, 7) is 4.25. The highest BCUT2D eigenvalue weighted by Crippen LogP contribution is 2.05. The number of urea groups is 1. The largest absolute Gasteiger partial charge is 0.381 e. The molecular weight excluding hydrogens is 306 g/mol. The monoisotopic (exact) mass is 337 g/mol. The Balaban J connectivity index is 1.98. The molecule has 0 aromatic carbocycles. The molecule has 0 bridgehead atoms. The number of aryl methyl sites for hydroxylation is 1. The molecule has 0 saturated heterocycles. The fraction of sp³-hybridized carbons (Fsp3) is 0.667. The molecule has 0 saturated carbocycles. The second-order valence-corrected chi connectivity index (χ2v) is 5.98. The first-order chi connectivity index (χ1) is 11.6. The van der Waals surface area contributed by atoms with E-state index in [1.54, 1.807) is 19.3 Å². The summed E-state index contributed by atoms with van der Waals surface area (Å²) in [6, 6.07) is 2.74. The topological polar surface area (TPSA) is 72.4 Å². The molecule has 0 atom stereocenters. The van der Waals surface area contributed by atoms with Crippen LogP contribution in [0.2, 0.25) is 0 Å².